The Hall–Kier alpha value is -6.73. The van der Waals surface area contributed by atoms with Gasteiger partial charge in [-0.1, -0.05) is 68.8 Å². The smallest absolute Gasteiger partial charge is 0.247 e. The number of benzene rings is 3. The normalized spacial score (nSPS) is 17.4. The molecule has 16 nitrogen and oxygen atoms in total. The molecule has 5 atom stereocenters. The van der Waals surface area contributed by atoms with Crippen molar-refractivity contribution in [2.45, 2.75) is 98.5 Å². The standard InChI is InChI=1S/C53H56ClN9O7S2/c1-28-31(4)72-52-45(28)46(34-13-16-37(54)17-14-34)58-40(49-60-59-32(5)63(49)52)24-43(66)55-19-20-69-39-18-15-36-21-44(70-42(36)23-39)62(27-64)48(53(6,7)8)51(68)61-25-38(65)22-41(61)50(67)57-29(2)33-9-11-35(12-10-33)47-30(3)56-26-71-47/h9-18,21,23,26-27,29,38,40-41,48,65H,19-20,22,24-25H2,1-8H3,(H,55,66)(H,57,67)/t29-,38+,40-,41-,48+/m0/s1. The number of amides is 4. The van der Waals surface area contributed by atoms with Gasteiger partial charge in [-0.3, -0.25) is 33.6 Å². The Balaban J connectivity index is 0.849. The Labute approximate surface area is 430 Å². The van der Waals surface area contributed by atoms with E-state index in [-0.39, 0.29) is 44.3 Å². The lowest BCUT2D eigenvalue weighted by Gasteiger charge is -2.39. The Kier molecular flexibility index (Phi) is 14.2. The van der Waals surface area contributed by atoms with Crippen molar-refractivity contribution in [1.82, 2.24) is 35.3 Å². The fraction of sp³-hybridized carbons (Fsp3) is 0.358. The minimum Gasteiger partial charge on any atom is -0.492 e. The molecule has 2 aliphatic rings. The first-order chi connectivity index (χ1) is 34.4. The molecular weight excluding hydrogens is 974 g/mol. The average Bonchev–Trinajstić information content (AvgIpc) is 4.18. The fourth-order valence-corrected chi connectivity index (χ4v) is 11.6. The van der Waals surface area contributed by atoms with Crippen LogP contribution in [0.25, 0.3) is 26.4 Å². The van der Waals surface area contributed by atoms with Crippen LogP contribution in [0.1, 0.15) is 97.1 Å². The molecule has 4 amide bonds. The summed E-state index contributed by atoms with van der Waals surface area (Å²) in [7, 11) is 0. The van der Waals surface area contributed by atoms with Crippen LogP contribution >= 0.6 is 34.3 Å². The van der Waals surface area contributed by atoms with Gasteiger partial charge in [0.25, 0.3) is 0 Å². The second kappa shape index (κ2) is 20.4. The van der Waals surface area contributed by atoms with E-state index in [4.69, 9.17) is 25.7 Å². The van der Waals surface area contributed by atoms with Crippen molar-refractivity contribution in [2.75, 3.05) is 24.6 Å². The molecule has 9 rings (SSSR count). The summed E-state index contributed by atoms with van der Waals surface area (Å²) in [6, 6.07) is 19.2. The number of hydrogen-bond acceptors (Lipinski definition) is 13. The molecule has 1 saturated heterocycles. The minimum absolute atomic E-state index is 0.0179. The number of ether oxygens (including phenoxy) is 1. The molecule has 0 spiro atoms. The Morgan fingerprint density at radius 2 is 1.75 bits per heavy atom. The number of carbonyl (C=O) groups is 4. The van der Waals surface area contributed by atoms with Gasteiger partial charge in [0.05, 0.1) is 46.9 Å². The zero-order chi connectivity index (χ0) is 51.2. The number of aliphatic imine (C=N–C) groups is 1. The van der Waals surface area contributed by atoms with Crippen LogP contribution in [0.4, 0.5) is 5.88 Å². The Bertz CT molecular complexity index is 3210. The Morgan fingerprint density at radius 3 is 2.44 bits per heavy atom. The lowest BCUT2D eigenvalue weighted by atomic mass is 9.84. The summed E-state index contributed by atoms with van der Waals surface area (Å²) in [5.41, 5.74) is 7.95. The van der Waals surface area contributed by atoms with Gasteiger partial charge >= 0.3 is 0 Å². The molecule has 0 unspecified atom stereocenters. The molecule has 0 radical (unpaired) electrons. The number of aliphatic hydroxyl groups is 1. The molecule has 3 N–H and O–H groups in total. The molecule has 1 fully saturated rings. The summed E-state index contributed by atoms with van der Waals surface area (Å²) in [6.45, 7) is 15.6. The maximum Gasteiger partial charge on any atom is 0.247 e. The monoisotopic (exact) mass is 1030 g/mol. The molecule has 7 aromatic rings. The molecule has 374 valence electrons. The van der Waals surface area contributed by atoms with Crippen molar-refractivity contribution in [2.24, 2.45) is 10.4 Å². The van der Waals surface area contributed by atoms with E-state index in [1.807, 2.05) is 100 Å². The summed E-state index contributed by atoms with van der Waals surface area (Å²) in [6.07, 6.45) is -0.322. The number of furan rings is 1. The lowest BCUT2D eigenvalue weighted by molar-refractivity contribution is -0.142. The summed E-state index contributed by atoms with van der Waals surface area (Å²) >= 11 is 9.47. The largest absolute Gasteiger partial charge is 0.492 e. The van der Waals surface area contributed by atoms with Crippen LogP contribution < -0.4 is 20.3 Å². The molecular formula is C53H56ClN9O7S2. The first-order valence-corrected chi connectivity index (χ1v) is 25.8. The number of thiazole rings is 1. The van der Waals surface area contributed by atoms with Gasteiger partial charge in [-0.2, -0.15) is 0 Å². The van der Waals surface area contributed by atoms with Crippen LogP contribution in [-0.4, -0.2) is 97.5 Å². The first kappa shape index (κ1) is 50.2. The third-order valence-corrected chi connectivity index (χ3v) is 15.7. The van der Waals surface area contributed by atoms with Gasteiger partial charge < -0.3 is 29.8 Å². The second-order valence-electron chi connectivity index (χ2n) is 19.4. The number of aryl methyl sites for hydroxylation is 3. The zero-order valence-electron chi connectivity index (χ0n) is 41.2. The van der Waals surface area contributed by atoms with Crippen LogP contribution in [0.2, 0.25) is 5.02 Å². The van der Waals surface area contributed by atoms with E-state index >= 15 is 0 Å². The summed E-state index contributed by atoms with van der Waals surface area (Å²) in [5.74, 6) is 0.709. The predicted octanol–water partition coefficient (Wildman–Crippen LogP) is 8.78. The predicted molar refractivity (Wildman–Crippen MR) is 279 cm³/mol. The van der Waals surface area contributed by atoms with Crippen LogP contribution in [-0.2, 0) is 19.2 Å². The number of aliphatic hydroxyl groups excluding tert-OH is 1. The number of anilines is 1. The summed E-state index contributed by atoms with van der Waals surface area (Å²) in [4.78, 5) is 69.6. The quantitative estimate of drug-likeness (QED) is 0.0659. The molecule has 6 heterocycles. The van der Waals surface area contributed by atoms with E-state index < -0.39 is 47.5 Å². The molecule has 2 aliphatic heterocycles. The van der Waals surface area contributed by atoms with Crippen molar-refractivity contribution < 1.29 is 33.4 Å². The molecule has 0 bridgehead atoms. The number of thiophene rings is 1. The SMILES string of the molecule is Cc1ncsc1-c1ccc([C@H](C)NC(=O)[C@@H]2C[C@@H](O)CN2C(=O)[C@@H](N(C=O)c2cc3ccc(OCCNC(=O)C[C@@H]4N=C(c5ccc(Cl)cc5)c5c(sc(C)c5C)-n5c(C)nnc54)cc3o2)C(C)(C)C)cc1. The number of likely N-dealkylation sites (tertiary alicyclic amines) is 1. The van der Waals surface area contributed by atoms with Gasteiger partial charge in [0.15, 0.2) is 5.82 Å². The number of nitrogens with one attached hydrogen (secondary N) is 2. The zero-order valence-corrected chi connectivity index (χ0v) is 43.6. The maximum absolute atomic E-state index is 14.7. The van der Waals surface area contributed by atoms with Gasteiger partial charge in [-0.15, -0.1) is 32.9 Å². The number of halogens is 1. The molecule has 19 heteroatoms. The van der Waals surface area contributed by atoms with Crippen molar-refractivity contribution in [3.8, 4) is 21.2 Å². The Morgan fingerprint density at radius 1 is 1.01 bits per heavy atom. The summed E-state index contributed by atoms with van der Waals surface area (Å²) in [5, 5.41) is 28.0. The summed E-state index contributed by atoms with van der Waals surface area (Å²) < 4.78 is 14.3. The van der Waals surface area contributed by atoms with Crippen LogP contribution in [0, 0.1) is 33.1 Å². The van der Waals surface area contributed by atoms with Gasteiger partial charge in [-0.05, 0) is 81.0 Å². The van der Waals surface area contributed by atoms with Crippen molar-refractivity contribution in [1.29, 1.82) is 0 Å². The average molecular weight is 1030 g/mol. The maximum atomic E-state index is 14.7. The number of nitrogens with zero attached hydrogens (tertiary/aromatic N) is 7. The van der Waals surface area contributed by atoms with Crippen molar-refractivity contribution in [3.05, 3.63) is 128 Å². The number of rotatable bonds is 15. The van der Waals surface area contributed by atoms with E-state index in [9.17, 15) is 24.3 Å². The number of aromatic nitrogens is 4. The van der Waals surface area contributed by atoms with Gasteiger partial charge in [-0.25, -0.2) is 4.98 Å². The van der Waals surface area contributed by atoms with Crippen molar-refractivity contribution in [3.63, 3.8) is 0 Å². The highest BCUT2D eigenvalue weighted by molar-refractivity contribution is 7.15. The molecule has 4 aromatic heterocycles. The van der Waals surface area contributed by atoms with Crippen LogP contribution in [0.15, 0.2) is 87.7 Å². The van der Waals surface area contributed by atoms with E-state index in [2.05, 4.69) is 39.7 Å². The van der Waals surface area contributed by atoms with Crippen LogP contribution in [0.3, 0.4) is 0 Å². The first-order valence-electron chi connectivity index (χ1n) is 23.7. The number of β-amino-alcohol motifs (C(OH)–C–C–N with tert-alkyl or cyclic N) is 1. The number of fused-ring (bicyclic) bond motifs is 4. The molecule has 0 saturated carbocycles. The van der Waals surface area contributed by atoms with Gasteiger partial charge in [0.2, 0.25) is 30.0 Å². The molecule has 72 heavy (non-hydrogen) atoms. The highest BCUT2D eigenvalue weighted by Gasteiger charge is 2.47. The molecule has 0 aliphatic carbocycles. The highest BCUT2D eigenvalue weighted by atomic mass is 35.5. The third-order valence-electron chi connectivity index (χ3n) is 13.2. The van der Waals surface area contributed by atoms with E-state index in [0.717, 1.165) is 54.0 Å². The third kappa shape index (κ3) is 10.0. The topological polar surface area (TPSA) is 197 Å². The van der Waals surface area contributed by atoms with Crippen LogP contribution in [0.5, 0.6) is 5.75 Å². The molecule has 3 aromatic carbocycles. The number of hydrogen-bond donors (Lipinski definition) is 3. The number of carbonyl (C=O) groups excluding carboxylic acids is 4. The fourth-order valence-electron chi connectivity index (χ4n) is 9.46. The van der Waals surface area contributed by atoms with Gasteiger partial charge in [0.1, 0.15) is 46.9 Å². The minimum atomic E-state index is -1.11. The van der Waals surface area contributed by atoms with E-state index in [1.54, 1.807) is 46.9 Å². The second-order valence-corrected chi connectivity index (χ2v) is 21.9. The van der Waals surface area contributed by atoms with Gasteiger partial charge in [0, 0.05) is 51.5 Å². The lowest BCUT2D eigenvalue weighted by Crippen LogP contribution is -2.58. The van der Waals surface area contributed by atoms with E-state index in [0.29, 0.717) is 39.8 Å². The van der Waals surface area contributed by atoms with Crippen molar-refractivity contribution >= 4 is 81.0 Å². The highest BCUT2D eigenvalue weighted by Crippen LogP contribution is 2.40. The van der Waals surface area contributed by atoms with E-state index in [1.165, 1.54) is 9.80 Å².